The Hall–Kier alpha value is -0.380. The first-order valence-electron chi connectivity index (χ1n) is 4.38. The van der Waals surface area contributed by atoms with Gasteiger partial charge in [-0.1, -0.05) is 23.7 Å². The van der Waals surface area contributed by atoms with Gasteiger partial charge in [0.1, 0.15) is 0 Å². The van der Waals surface area contributed by atoms with E-state index in [1.165, 1.54) is 0 Å². The standard InChI is InChI=1S/C10H13ClO2S/c1-8(14(13)6-5-12)9-3-2-4-10(11)7-9/h2-4,7-8,12H,5-6H2,1H3. The molecular weight excluding hydrogens is 220 g/mol. The lowest BCUT2D eigenvalue weighted by Gasteiger charge is -2.10. The molecule has 0 amide bonds. The molecule has 78 valence electrons. The average molecular weight is 233 g/mol. The number of hydrogen-bond acceptors (Lipinski definition) is 2. The van der Waals surface area contributed by atoms with Gasteiger partial charge >= 0.3 is 0 Å². The highest BCUT2D eigenvalue weighted by Gasteiger charge is 2.12. The van der Waals surface area contributed by atoms with Crippen LogP contribution in [0.25, 0.3) is 0 Å². The number of benzene rings is 1. The van der Waals surface area contributed by atoms with Gasteiger partial charge in [-0.2, -0.15) is 0 Å². The molecule has 14 heavy (non-hydrogen) atoms. The Morgan fingerprint density at radius 1 is 1.57 bits per heavy atom. The zero-order valence-corrected chi connectivity index (χ0v) is 9.52. The van der Waals surface area contributed by atoms with Gasteiger partial charge in [-0.25, -0.2) is 0 Å². The van der Waals surface area contributed by atoms with Gasteiger partial charge in [0.05, 0.1) is 11.9 Å². The molecule has 0 heterocycles. The highest BCUT2D eigenvalue weighted by atomic mass is 35.5. The molecule has 0 saturated heterocycles. The van der Waals surface area contributed by atoms with Crippen LogP contribution in [0.1, 0.15) is 17.7 Å². The fraction of sp³-hybridized carbons (Fsp3) is 0.400. The van der Waals surface area contributed by atoms with E-state index in [0.717, 1.165) is 5.56 Å². The second-order valence-corrected chi connectivity index (χ2v) is 5.32. The summed E-state index contributed by atoms with van der Waals surface area (Å²) >= 11 is 5.82. The summed E-state index contributed by atoms with van der Waals surface area (Å²) in [6, 6.07) is 7.32. The van der Waals surface area contributed by atoms with E-state index < -0.39 is 10.8 Å². The van der Waals surface area contributed by atoms with E-state index in [2.05, 4.69) is 0 Å². The van der Waals surface area contributed by atoms with Crippen LogP contribution in [0, 0.1) is 0 Å². The number of halogens is 1. The van der Waals surface area contributed by atoms with Crippen LogP contribution in [-0.2, 0) is 10.8 Å². The van der Waals surface area contributed by atoms with Gasteiger partial charge in [-0.05, 0) is 24.6 Å². The molecule has 0 radical (unpaired) electrons. The second kappa shape index (κ2) is 5.49. The Morgan fingerprint density at radius 3 is 2.86 bits per heavy atom. The maximum absolute atomic E-state index is 11.6. The molecule has 2 atom stereocenters. The van der Waals surface area contributed by atoms with Crippen molar-refractivity contribution in [2.75, 3.05) is 12.4 Å². The summed E-state index contributed by atoms with van der Waals surface area (Å²) in [5.74, 6) is 0.313. The van der Waals surface area contributed by atoms with Crippen LogP contribution >= 0.6 is 11.6 Å². The third kappa shape index (κ3) is 3.08. The van der Waals surface area contributed by atoms with Crippen LogP contribution in [0.4, 0.5) is 0 Å². The molecule has 0 aromatic heterocycles. The fourth-order valence-corrected chi connectivity index (χ4v) is 2.36. The van der Waals surface area contributed by atoms with Crippen molar-refractivity contribution in [1.29, 1.82) is 0 Å². The Bertz CT molecular complexity index is 328. The summed E-state index contributed by atoms with van der Waals surface area (Å²) in [5, 5.41) is 9.23. The van der Waals surface area contributed by atoms with Gasteiger partial charge < -0.3 is 5.11 Å². The van der Waals surface area contributed by atoms with Gasteiger partial charge in [-0.3, -0.25) is 4.21 Å². The lowest BCUT2D eigenvalue weighted by atomic mass is 10.2. The lowest BCUT2D eigenvalue weighted by molar-refractivity contribution is 0.321. The predicted octanol–water partition coefficient (Wildman–Crippen LogP) is 2.14. The molecule has 1 rings (SSSR count). The maximum Gasteiger partial charge on any atom is 0.0570 e. The molecule has 1 N–H and O–H groups in total. The first kappa shape index (κ1) is 11.7. The molecule has 0 aliphatic carbocycles. The van der Waals surface area contributed by atoms with Crippen molar-refractivity contribution in [2.24, 2.45) is 0 Å². The van der Waals surface area contributed by atoms with Crippen molar-refractivity contribution >= 4 is 22.4 Å². The van der Waals surface area contributed by atoms with Gasteiger partial charge in [0.2, 0.25) is 0 Å². The Morgan fingerprint density at radius 2 is 2.29 bits per heavy atom. The SMILES string of the molecule is CC(c1cccc(Cl)c1)S(=O)CCO. The van der Waals surface area contributed by atoms with E-state index in [4.69, 9.17) is 16.7 Å². The molecule has 1 aromatic carbocycles. The summed E-state index contributed by atoms with van der Waals surface area (Å²) < 4.78 is 11.6. The quantitative estimate of drug-likeness (QED) is 0.864. The van der Waals surface area contributed by atoms with Gasteiger partial charge in [0.15, 0.2) is 0 Å². The van der Waals surface area contributed by atoms with E-state index in [9.17, 15) is 4.21 Å². The first-order valence-corrected chi connectivity index (χ1v) is 6.14. The van der Waals surface area contributed by atoms with Gasteiger partial charge in [0.25, 0.3) is 0 Å². The predicted molar refractivity (Wildman–Crippen MR) is 60.0 cm³/mol. The molecule has 4 heteroatoms. The largest absolute Gasteiger partial charge is 0.395 e. The fourth-order valence-electron chi connectivity index (χ4n) is 1.18. The molecule has 2 nitrogen and oxygen atoms in total. The monoisotopic (exact) mass is 232 g/mol. The molecule has 0 bridgehead atoms. The Kier molecular flexibility index (Phi) is 4.58. The smallest absolute Gasteiger partial charge is 0.0570 e. The van der Waals surface area contributed by atoms with Crippen LogP contribution < -0.4 is 0 Å². The lowest BCUT2D eigenvalue weighted by Crippen LogP contribution is -2.09. The molecule has 2 unspecified atom stereocenters. The van der Waals surface area contributed by atoms with E-state index in [0.29, 0.717) is 10.8 Å². The molecule has 1 aromatic rings. The van der Waals surface area contributed by atoms with Crippen molar-refractivity contribution in [1.82, 2.24) is 0 Å². The maximum atomic E-state index is 11.6. The van der Waals surface area contributed by atoms with Crippen molar-refractivity contribution < 1.29 is 9.32 Å². The number of aliphatic hydroxyl groups excluding tert-OH is 1. The molecule has 0 spiro atoms. The van der Waals surface area contributed by atoms with E-state index >= 15 is 0 Å². The topological polar surface area (TPSA) is 37.3 Å². The van der Waals surface area contributed by atoms with Crippen LogP contribution in [0.15, 0.2) is 24.3 Å². The van der Waals surface area contributed by atoms with Crippen LogP contribution in [0.5, 0.6) is 0 Å². The van der Waals surface area contributed by atoms with Crippen molar-refractivity contribution in [3.63, 3.8) is 0 Å². The zero-order valence-electron chi connectivity index (χ0n) is 7.94. The minimum atomic E-state index is -1.03. The van der Waals surface area contributed by atoms with Crippen LogP contribution in [0.3, 0.4) is 0 Å². The Balaban J connectivity index is 2.78. The van der Waals surface area contributed by atoms with Crippen molar-refractivity contribution in [3.8, 4) is 0 Å². The van der Waals surface area contributed by atoms with E-state index in [1.54, 1.807) is 6.07 Å². The van der Waals surface area contributed by atoms with E-state index in [-0.39, 0.29) is 11.9 Å². The van der Waals surface area contributed by atoms with Crippen LogP contribution in [0.2, 0.25) is 5.02 Å². The van der Waals surface area contributed by atoms with Crippen LogP contribution in [-0.4, -0.2) is 21.7 Å². The van der Waals surface area contributed by atoms with Gasteiger partial charge in [-0.15, -0.1) is 0 Å². The summed E-state index contributed by atoms with van der Waals surface area (Å²) in [6.07, 6.45) is 0. The van der Waals surface area contributed by atoms with Crippen molar-refractivity contribution in [3.05, 3.63) is 34.9 Å². The highest BCUT2D eigenvalue weighted by Crippen LogP contribution is 2.22. The third-order valence-electron chi connectivity index (χ3n) is 2.00. The summed E-state index contributed by atoms with van der Waals surface area (Å²) in [4.78, 5) is 0. The third-order valence-corrected chi connectivity index (χ3v) is 3.89. The summed E-state index contributed by atoms with van der Waals surface area (Å²) in [6.45, 7) is 1.83. The molecule has 0 saturated carbocycles. The minimum Gasteiger partial charge on any atom is -0.395 e. The highest BCUT2D eigenvalue weighted by molar-refractivity contribution is 7.85. The number of aliphatic hydroxyl groups is 1. The summed E-state index contributed by atoms with van der Waals surface area (Å²) in [7, 11) is -1.03. The molecule has 0 aliphatic heterocycles. The number of hydrogen-bond donors (Lipinski definition) is 1. The molecule has 0 fully saturated rings. The normalized spacial score (nSPS) is 15.1. The first-order chi connectivity index (χ1) is 6.65. The van der Waals surface area contributed by atoms with Crippen molar-refractivity contribution in [2.45, 2.75) is 12.2 Å². The number of rotatable bonds is 4. The zero-order chi connectivity index (χ0) is 10.6. The summed E-state index contributed by atoms with van der Waals surface area (Å²) in [5.41, 5.74) is 0.948. The van der Waals surface area contributed by atoms with Gasteiger partial charge in [0, 0.05) is 21.6 Å². The second-order valence-electron chi connectivity index (χ2n) is 3.01. The van der Waals surface area contributed by atoms with E-state index in [1.807, 2.05) is 25.1 Å². The average Bonchev–Trinajstić information content (AvgIpc) is 2.17. The molecule has 0 aliphatic rings. The Labute approximate surface area is 91.4 Å². The minimum absolute atomic E-state index is 0.0441. The molecular formula is C10H13ClO2S.